The summed E-state index contributed by atoms with van der Waals surface area (Å²) in [6, 6.07) is 5.42. The summed E-state index contributed by atoms with van der Waals surface area (Å²) in [4.78, 5) is 10.8. The fourth-order valence-electron chi connectivity index (χ4n) is 1.66. The number of benzene rings is 1. The molecule has 1 aromatic heterocycles. The van der Waals surface area contributed by atoms with Crippen LogP contribution in [0.15, 0.2) is 22.7 Å². The Kier molecular flexibility index (Phi) is 4.72. The normalized spacial score (nSPS) is 12.3. The van der Waals surface area contributed by atoms with Crippen LogP contribution in [0.2, 0.25) is 5.02 Å². The number of halogens is 2. The number of aryl methyl sites for hydroxylation is 1. The number of carboxylic acids is 1. The molecule has 0 spiro atoms. The van der Waals surface area contributed by atoms with Crippen LogP contribution in [0.3, 0.4) is 0 Å². The van der Waals surface area contributed by atoms with E-state index in [0.29, 0.717) is 29.4 Å². The Morgan fingerprint density at radius 1 is 1.55 bits per heavy atom. The van der Waals surface area contributed by atoms with Gasteiger partial charge in [-0.05, 0) is 35.0 Å². The number of hydrogen-bond donors (Lipinski definition) is 1. The van der Waals surface area contributed by atoms with Crippen LogP contribution in [-0.4, -0.2) is 31.3 Å². The number of carbonyl (C=O) groups is 1. The summed E-state index contributed by atoms with van der Waals surface area (Å²) in [5.74, 6) is -0.756. The minimum absolute atomic E-state index is 0.419. The van der Waals surface area contributed by atoms with Crippen molar-refractivity contribution < 1.29 is 9.90 Å². The summed E-state index contributed by atoms with van der Waals surface area (Å²) in [5.41, 5.74) is 0.711. The molecule has 0 bridgehead atoms. The lowest BCUT2D eigenvalue weighted by Crippen LogP contribution is -2.14. The molecule has 6 nitrogen and oxygen atoms in total. The molecule has 0 saturated carbocycles. The average molecular weight is 360 g/mol. The highest BCUT2D eigenvalue weighted by Crippen LogP contribution is 2.28. The van der Waals surface area contributed by atoms with Gasteiger partial charge in [0.15, 0.2) is 5.82 Å². The van der Waals surface area contributed by atoms with Crippen LogP contribution in [0.5, 0.6) is 0 Å². The first-order chi connectivity index (χ1) is 9.49. The summed E-state index contributed by atoms with van der Waals surface area (Å²) in [6.45, 7) is 2.07. The predicted octanol–water partition coefficient (Wildman–Crippen LogP) is 2.87. The zero-order valence-corrected chi connectivity index (χ0v) is 13.0. The summed E-state index contributed by atoms with van der Waals surface area (Å²) >= 11 is 9.51. The molecular formula is C12H12BrClN4O2. The topological polar surface area (TPSA) is 80.9 Å². The molecular weight excluding hydrogens is 348 g/mol. The van der Waals surface area contributed by atoms with Crippen molar-refractivity contribution in [1.29, 1.82) is 0 Å². The lowest BCUT2D eigenvalue weighted by atomic mass is 10.1. The molecule has 1 heterocycles. The van der Waals surface area contributed by atoms with Gasteiger partial charge in [0.2, 0.25) is 0 Å². The van der Waals surface area contributed by atoms with Crippen molar-refractivity contribution in [2.45, 2.75) is 19.9 Å². The van der Waals surface area contributed by atoms with Crippen molar-refractivity contribution in [3.05, 3.63) is 27.7 Å². The van der Waals surface area contributed by atoms with Crippen LogP contribution < -0.4 is 0 Å². The van der Waals surface area contributed by atoms with Crippen molar-refractivity contribution in [2.24, 2.45) is 5.92 Å². The molecule has 20 heavy (non-hydrogen) atoms. The second-order valence-corrected chi connectivity index (χ2v) is 5.70. The van der Waals surface area contributed by atoms with Gasteiger partial charge >= 0.3 is 5.97 Å². The van der Waals surface area contributed by atoms with E-state index in [0.717, 1.165) is 4.47 Å². The first-order valence-corrected chi connectivity index (χ1v) is 7.10. The molecule has 1 N–H and O–H groups in total. The molecule has 0 aliphatic heterocycles. The molecule has 0 saturated heterocycles. The molecule has 0 fully saturated rings. The lowest BCUT2D eigenvalue weighted by molar-refractivity contribution is -0.141. The summed E-state index contributed by atoms with van der Waals surface area (Å²) in [5, 5.41) is 20.9. The molecule has 2 rings (SSSR count). The van der Waals surface area contributed by atoms with E-state index in [1.54, 1.807) is 17.7 Å². The van der Waals surface area contributed by atoms with Crippen molar-refractivity contribution in [1.82, 2.24) is 20.2 Å². The molecule has 0 radical (unpaired) electrons. The van der Waals surface area contributed by atoms with E-state index in [-0.39, 0.29) is 0 Å². The third-order valence-corrected chi connectivity index (χ3v) is 3.71. The Labute approximate surface area is 128 Å². The quantitative estimate of drug-likeness (QED) is 0.888. The number of hydrogen-bond acceptors (Lipinski definition) is 4. The van der Waals surface area contributed by atoms with E-state index in [4.69, 9.17) is 16.7 Å². The second-order valence-electron chi connectivity index (χ2n) is 4.38. The first-order valence-electron chi connectivity index (χ1n) is 5.93. The first kappa shape index (κ1) is 14.9. The molecule has 8 heteroatoms. The minimum Gasteiger partial charge on any atom is -0.481 e. The SMILES string of the molecule is CC(CCn1nnnc1-c1ccc(Br)cc1Cl)C(=O)O. The van der Waals surface area contributed by atoms with Gasteiger partial charge in [-0.2, -0.15) is 0 Å². The van der Waals surface area contributed by atoms with Gasteiger partial charge in [-0.3, -0.25) is 4.79 Å². The van der Waals surface area contributed by atoms with Gasteiger partial charge < -0.3 is 5.11 Å². The number of carboxylic acid groups (broad SMARTS) is 1. The summed E-state index contributed by atoms with van der Waals surface area (Å²) in [6.07, 6.45) is 0.446. The van der Waals surface area contributed by atoms with Crippen LogP contribution in [0.4, 0.5) is 0 Å². The average Bonchev–Trinajstić information content (AvgIpc) is 2.84. The fourth-order valence-corrected chi connectivity index (χ4v) is 2.42. The van der Waals surface area contributed by atoms with E-state index in [1.807, 2.05) is 12.1 Å². The monoisotopic (exact) mass is 358 g/mol. The second kappa shape index (κ2) is 6.32. The predicted molar refractivity (Wildman–Crippen MR) is 77.4 cm³/mol. The van der Waals surface area contributed by atoms with Gasteiger partial charge in [0, 0.05) is 16.6 Å². The number of nitrogens with zero attached hydrogens (tertiary/aromatic N) is 4. The Morgan fingerprint density at radius 3 is 2.95 bits per heavy atom. The molecule has 1 atom stereocenters. The summed E-state index contributed by atoms with van der Waals surface area (Å²) < 4.78 is 2.43. The van der Waals surface area contributed by atoms with Gasteiger partial charge in [-0.15, -0.1) is 5.10 Å². The van der Waals surface area contributed by atoms with Gasteiger partial charge in [-0.1, -0.05) is 34.5 Å². The van der Waals surface area contributed by atoms with Crippen molar-refractivity contribution in [2.75, 3.05) is 0 Å². The lowest BCUT2D eigenvalue weighted by Gasteiger charge is -2.08. The summed E-state index contributed by atoms with van der Waals surface area (Å²) in [7, 11) is 0. The van der Waals surface area contributed by atoms with E-state index in [9.17, 15) is 4.79 Å². The Morgan fingerprint density at radius 2 is 2.30 bits per heavy atom. The van der Waals surface area contributed by atoms with E-state index in [1.165, 1.54) is 0 Å². The Balaban J connectivity index is 2.22. The Hall–Kier alpha value is -1.47. The zero-order valence-electron chi connectivity index (χ0n) is 10.6. The van der Waals surface area contributed by atoms with Crippen LogP contribution >= 0.6 is 27.5 Å². The van der Waals surface area contributed by atoms with E-state index in [2.05, 4.69) is 31.5 Å². The van der Waals surface area contributed by atoms with E-state index >= 15 is 0 Å². The van der Waals surface area contributed by atoms with Gasteiger partial charge in [0.25, 0.3) is 0 Å². The molecule has 1 unspecified atom stereocenters. The van der Waals surface area contributed by atoms with Gasteiger partial charge in [0.05, 0.1) is 10.9 Å². The van der Waals surface area contributed by atoms with E-state index < -0.39 is 11.9 Å². The number of rotatable bonds is 5. The maximum atomic E-state index is 10.8. The fraction of sp³-hybridized carbons (Fsp3) is 0.333. The maximum absolute atomic E-state index is 10.8. The van der Waals surface area contributed by atoms with Gasteiger partial charge in [-0.25, -0.2) is 4.68 Å². The third-order valence-electron chi connectivity index (χ3n) is 2.90. The molecule has 1 aromatic carbocycles. The van der Waals surface area contributed by atoms with Crippen molar-refractivity contribution in [3.8, 4) is 11.4 Å². The molecule has 0 amide bonds. The maximum Gasteiger partial charge on any atom is 0.306 e. The standard InChI is InChI=1S/C12H12BrClN4O2/c1-7(12(19)20)4-5-18-11(15-16-17-18)9-3-2-8(13)6-10(9)14/h2-3,6-7H,4-5H2,1H3,(H,19,20). The highest BCUT2D eigenvalue weighted by Gasteiger charge is 2.15. The van der Waals surface area contributed by atoms with Crippen molar-refractivity contribution >= 4 is 33.5 Å². The largest absolute Gasteiger partial charge is 0.481 e. The van der Waals surface area contributed by atoms with Crippen LogP contribution in [0.1, 0.15) is 13.3 Å². The van der Waals surface area contributed by atoms with Crippen LogP contribution in [-0.2, 0) is 11.3 Å². The minimum atomic E-state index is -0.832. The highest BCUT2D eigenvalue weighted by molar-refractivity contribution is 9.10. The Bertz CT molecular complexity index is 632. The van der Waals surface area contributed by atoms with Crippen LogP contribution in [0.25, 0.3) is 11.4 Å². The van der Waals surface area contributed by atoms with Crippen LogP contribution in [0, 0.1) is 5.92 Å². The van der Waals surface area contributed by atoms with Crippen molar-refractivity contribution in [3.63, 3.8) is 0 Å². The number of aromatic nitrogens is 4. The van der Waals surface area contributed by atoms with Gasteiger partial charge in [0.1, 0.15) is 0 Å². The zero-order chi connectivity index (χ0) is 14.7. The smallest absolute Gasteiger partial charge is 0.306 e. The molecule has 2 aromatic rings. The number of tetrazole rings is 1. The molecule has 0 aliphatic rings. The highest BCUT2D eigenvalue weighted by atomic mass is 79.9. The third kappa shape index (κ3) is 3.34. The molecule has 0 aliphatic carbocycles. The number of aliphatic carboxylic acids is 1. The molecule has 106 valence electrons.